The highest BCUT2D eigenvalue weighted by Gasteiger charge is 2.39. The van der Waals surface area contributed by atoms with E-state index >= 15 is 0 Å². The summed E-state index contributed by atoms with van der Waals surface area (Å²) in [5.41, 5.74) is 1.50. The van der Waals surface area contributed by atoms with Crippen LogP contribution in [0.4, 0.5) is 0 Å². The minimum absolute atomic E-state index is 0.00301. The van der Waals surface area contributed by atoms with Crippen LogP contribution >= 0.6 is 0 Å². The van der Waals surface area contributed by atoms with E-state index in [1.807, 2.05) is 43.3 Å². The molecule has 0 saturated heterocycles. The molecule has 0 aromatic heterocycles. The molecule has 0 amide bonds. The van der Waals surface area contributed by atoms with Gasteiger partial charge in [0.25, 0.3) is 0 Å². The monoisotopic (exact) mass is 245 g/mol. The van der Waals surface area contributed by atoms with Gasteiger partial charge >= 0.3 is 0 Å². The van der Waals surface area contributed by atoms with Crippen molar-refractivity contribution in [2.45, 2.75) is 25.3 Å². The number of allylic oxidation sites excluding steroid dienone is 1. The molecular formula is C14H15NO3. The fourth-order valence-electron chi connectivity index (χ4n) is 2.72. The number of hydrogen-bond donors (Lipinski definition) is 0. The first kappa shape index (κ1) is 12.5. The Morgan fingerprint density at radius 2 is 2.00 bits per heavy atom. The molecule has 3 atom stereocenters. The van der Waals surface area contributed by atoms with Gasteiger partial charge in [-0.1, -0.05) is 43.3 Å². The van der Waals surface area contributed by atoms with Gasteiger partial charge in [-0.25, -0.2) is 0 Å². The quantitative estimate of drug-likeness (QED) is 0.467. The second-order valence-electron chi connectivity index (χ2n) is 4.71. The average Bonchev–Trinajstić information content (AvgIpc) is 2.38. The lowest BCUT2D eigenvalue weighted by atomic mass is 9.75. The van der Waals surface area contributed by atoms with E-state index in [4.69, 9.17) is 0 Å². The van der Waals surface area contributed by atoms with Crippen molar-refractivity contribution in [2.24, 2.45) is 5.92 Å². The molecule has 0 heterocycles. The summed E-state index contributed by atoms with van der Waals surface area (Å²) in [7, 11) is 0. The molecule has 0 fully saturated rings. The first-order chi connectivity index (χ1) is 8.63. The Morgan fingerprint density at radius 1 is 1.33 bits per heavy atom. The predicted octanol–water partition coefficient (Wildman–Crippen LogP) is 2.58. The minimum Gasteiger partial charge on any atom is -0.298 e. The van der Waals surface area contributed by atoms with E-state index in [0.29, 0.717) is 5.57 Å². The number of hydrogen-bond acceptors (Lipinski definition) is 3. The van der Waals surface area contributed by atoms with E-state index in [1.54, 1.807) is 0 Å². The number of benzene rings is 1. The largest absolute Gasteiger partial charge is 0.298 e. The number of aldehydes is 1. The van der Waals surface area contributed by atoms with Crippen LogP contribution < -0.4 is 0 Å². The van der Waals surface area contributed by atoms with Crippen LogP contribution in [0.2, 0.25) is 0 Å². The van der Waals surface area contributed by atoms with E-state index in [0.717, 1.165) is 11.8 Å². The van der Waals surface area contributed by atoms with E-state index in [-0.39, 0.29) is 23.2 Å². The number of carbonyl (C=O) groups is 1. The SMILES string of the molecule is C[C@H]1C=C(C=O)C[C@H]([N+](=O)[O-])[C@@H]1c1ccccc1. The van der Waals surface area contributed by atoms with Crippen molar-refractivity contribution in [1.82, 2.24) is 0 Å². The van der Waals surface area contributed by atoms with Gasteiger partial charge in [-0.05, 0) is 17.1 Å². The number of nitro groups is 1. The lowest BCUT2D eigenvalue weighted by molar-refractivity contribution is -0.528. The summed E-state index contributed by atoms with van der Waals surface area (Å²) in [4.78, 5) is 21.8. The Morgan fingerprint density at radius 3 is 2.56 bits per heavy atom. The zero-order valence-corrected chi connectivity index (χ0v) is 10.2. The standard InChI is InChI=1S/C14H15NO3/c1-10-7-11(9-16)8-13(15(17)18)14(10)12-5-3-2-4-6-12/h2-7,9-10,13-14H,8H2,1H3/t10-,13-,14-/m0/s1. The topological polar surface area (TPSA) is 60.2 Å². The van der Waals surface area contributed by atoms with Crippen LogP contribution in [0, 0.1) is 16.0 Å². The first-order valence-corrected chi connectivity index (χ1v) is 5.97. The van der Waals surface area contributed by atoms with Gasteiger partial charge in [0, 0.05) is 11.3 Å². The molecule has 1 aliphatic rings. The highest BCUT2D eigenvalue weighted by molar-refractivity contribution is 5.73. The van der Waals surface area contributed by atoms with Crippen LogP contribution in [0.5, 0.6) is 0 Å². The van der Waals surface area contributed by atoms with Crippen LogP contribution in [0.25, 0.3) is 0 Å². The van der Waals surface area contributed by atoms with Crippen molar-refractivity contribution < 1.29 is 9.72 Å². The molecule has 0 aliphatic heterocycles. The highest BCUT2D eigenvalue weighted by atomic mass is 16.6. The Hall–Kier alpha value is -1.97. The van der Waals surface area contributed by atoms with E-state index in [2.05, 4.69) is 0 Å². The molecule has 0 unspecified atom stereocenters. The molecule has 4 nitrogen and oxygen atoms in total. The van der Waals surface area contributed by atoms with Crippen molar-refractivity contribution in [1.29, 1.82) is 0 Å². The smallest absolute Gasteiger partial charge is 0.224 e. The first-order valence-electron chi connectivity index (χ1n) is 5.97. The maximum absolute atomic E-state index is 11.2. The van der Waals surface area contributed by atoms with Crippen LogP contribution in [0.1, 0.15) is 24.8 Å². The van der Waals surface area contributed by atoms with Crippen LogP contribution in [-0.2, 0) is 4.79 Å². The number of rotatable bonds is 3. The van der Waals surface area contributed by atoms with Crippen molar-refractivity contribution >= 4 is 6.29 Å². The van der Waals surface area contributed by atoms with Crippen molar-refractivity contribution in [3.05, 3.63) is 57.7 Å². The van der Waals surface area contributed by atoms with Gasteiger partial charge in [-0.3, -0.25) is 14.9 Å². The molecule has 1 aromatic carbocycles. The third kappa shape index (κ3) is 2.32. The summed E-state index contributed by atoms with van der Waals surface area (Å²) in [6.45, 7) is 1.93. The molecule has 1 aromatic rings. The Labute approximate surface area is 105 Å². The van der Waals surface area contributed by atoms with Crippen LogP contribution in [-0.4, -0.2) is 17.3 Å². The molecule has 4 heteroatoms. The molecule has 0 saturated carbocycles. The summed E-state index contributed by atoms with van der Waals surface area (Å²) >= 11 is 0. The third-order valence-electron chi connectivity index (χ3n) is 3.51. The van der Waals surface area contributed by atoms with Gasteiger partial charge < -0.3 is 0 Å². The van der Waals surface area contributed by atoms with E-state index < -0.39 is 6.04 Å². The lowest BCUT2D eigenvalue weighted by Crippen LogP contribution is -2.34. The Kier molecular flexibility index (Phi) is 3.55. The predicted molar refractivity (Wildman–Crippen MR) is 67.9 cm³/mol. The zero-order chi connectivity index (χ0) is 13.1. The fraction of sp³-hybridized carbons (Fsp3) is 0.357. The van der Waals surface area contributed by atoms with Gasteiger partial charge in [0.2, 0.25) is 6.04 Å². The number of carbonyl (C=O) groups excluding carboxylic acids is 1. The second-order valence-corrected chi connectivity index (χ2v) is 4.71. The van der Waals surface area contributed by atoms with Crippen molar-refractivity contribution in [2.75, 3.05) is 0 Å². The summed E-state index contributed by atoms with van der Waals surface area (Å²) in [6.07, 6.45) is 2.80. The third-order valence-corrected chi connectivity index (χ3v) is 3.51. The molecule has 94 valence electrons. The van der Waals surface area contributed by atoms with Crippen LogP contribution in [0.3, 0.4) is 0 Å². The molecule has 2 rings (SSSR count). The Balaban J connectivity index is 2.40. The molecule has 1 aliphatic carbocycles. The number of nitrogens with zero attached hydrogens (tertiary/aromatic N) is 1. The van der Waals surface area contributed by atoms with E-state index in [9.17, 15) is 14.9 Å². The summed E-state index contributed by atoms with van der Waals surface area (Å²) in [6, 6.07) is 8.78. The lowest BCUT2D eigenvalue weighted by Gasteiger charge is -2.29. The molecule has 18 heavy (non-hydrogen) atoms. The van der Waals surface area contributed by atoms with Gasteiger partial charge in [0.05, 0.1) is 5.92 Å². The maximum Gasteiger partial charge on any atom is 0.224 e. The molecule has 0 radical (unpaired) electrons. The van der Waals surface area contributed by atoms with Gasteiger partial charge in [0.1, 0.15) is 6.29 Å². The molecular weight excluding hydrogens is 230 g/mol. The fourth-order valence-corrected chi connectivity index (χ4v) is 2.72. The normalized spacial score (nSPS) is 27.4. The average molecular weight is 245 g/mol. The summed E-state index contributed by atoms with van der Waals surface area (Å²) < 4.78 is 0. The summed E-state index contributed by atoms with van der Waals surface area (Å²) in [5, 5.41) is 11.2. The van der Waals surface area contributed by atoms with Gasteiger partial charge in [-0.2, -0.15) is 0 Å². The molecule has 0 bridgehead atoms. The maximum atomic E-state index is 11.2. The van der Waals surface area contributed by atoms with Gasteiger partial charge in [-0.15, -0.1) is 0 Å². The second kappa shape index (κ2) is 5.12. The molecule has 0 spiro atoms. The highest BCUT2D eigenvalue weighted by Crippen LogP contribution is 2.37. The van der Waals surface area contributed by atoms with E-state index in [1.165, 1.54) is 0 Å². The molecule has 0 N–H and O–H groups in total. The van der Waals surface area contributed by atoms with Crippen molar-refractivity contribution in [3.63, 3.8) is 0 Å². The zero-order valence-electron chi connectivity index (χ0n) is 10.2. The minimum atomic E-state index is -0.715. The van der Waals surface area contributed by atoms with Crippen LogP contribution in [0.15, 0.2) is 42.0 Å². The van der Waals surface area contributed by atoms with Crippen molar-refractivity contribution in [3.8, 4) is 0 Å². The van der Waals surface area contributed by atoms with Gasteiger partial charge in [0.15, 0.2) is 0 Å². The Bertz CT molecular complexity index is 481. The summed E-state index contributed by atoms with van der Waals surface area (Å²) in [5.74, 6) is -0.165.